The van der Waals surface area contributed by atoms with Crippen LogP contribution in [0.2, 0.25) is 5.02 Å². The summed E-state index contributed by atoms with van der Waals surface area (Å²) in [6, 6.07) is 11.4. The highest BCUT2D eigenvalue weighted by atomic mass is 35.5. The Morgan fingerprint density at radius 1 is 1.32 bits per heavy atom. The van der Waals surface area contributed by atoms with E-state index in [1.165, 1.54) is 6.20 Å². The lowest BCUT2D eigenvalue weighted by Crippen LogP contribution is -2.27. The molecule has 1 saturated heterocycles. The predicted molar refractivity (Wildman–Crippen MR) is 96.0 cm³/mol. The molecule has 0 aliphatic carbocycles. The lowest BCUT2D eigenvalue weighted by atomic mass is 10.1. The summed E-state index contributed by atoms with van der Waals surface area (Å²) < 4.78 is 11.1. The fourth-order valence-corrected chi connectivity index (χ4v) is 2.94. The molecule has 3 rings (SSSR count). The van der Waals surface area contributed by atoms with Gasteiger partial charge in [0, 0.05) is 32.6 Å². The number of hydrogen-bond acceptors (Lipinski definition) is 4. The number of carbonyl (C=O) groups excluding carboxylic acids is 1. The monoisotopic (exact) mass is 360 g/mol. The number of hydrogen-bond donors (Lipinski definition) is 0. The molecule has 1 fully saturated rings. The van der Waals surface area contributed by atoms with Crippen LogP contribution in [0, 0.1) is 0 Å². The highest BCUT2D eigenvalue weighted by molar-refractivity contribution is 6.32. The third-order valence-electron chi connectivity index (χ3n) is 4.11. The molecule has 6 heteroatoms. The number of aromatic nitrogens is 1. The molecule has 0 saturated carbocycles. The molecule has 1 aliphatic heterocycles. The lowest BCUT2D eigenvalue weighted by Gasteiger charge is -2.23. The first-order chi connectivity index (χ1) is 12.1. The average Bonchev–Trinajstić information content (AvgIpc) is 2.64. The predicted octanol–water partition coefficient (Wildman–Crippen LogP) is 3.57. The molecule has 2 aromatic rings. The molecule has 1 amide bonds. The fraction of sp³-hybridized carbons (Fsp3) is 0.368. The maximum atomic E-state index is 12.6. The Morgan fingerprint density at radius 3 is 2.72 bits per heavy atom. The Kier molecular flexibility index (Phi) is 5.89. The Bertz CT molecular complexity index is 718. The second-order valence-electron chi connectivity index (χ2n) is 6.09. The number of benzene rings is 1. The molecule has 0 atom stereocenters. The number of nitrogens with zero attached hydrogens (tertiary/aromatic N) is 2. The second kappa shape index (κ2) is 8.32. The van der Waals surface area contributed by atoms with Crippen LogP contribution in [-0.2, 0) is 11.3 Å². The first kappa shape index (κ1) is 17.7. The topological polar surface area (TPSA) is 51.7 Å². The van der Waals surface area contributed by atoms with Crippen LogP contribution in [0.3, 0.4) is 0 Å². The largest absolute Gasteiger partial charge is 0.473 e. The van der Waals surface area contributed by atoms with Crippen LogP contribution in [0.4, 0.5) is 0 Å². The van der Waals surface area contributed by atoms with Crippen LogP contribution >= 0.6 is 11.6 Å². The van der Waals surface area contributed by atoms with Crippen LogP contribution in [0.1, 0.15) is 28.8 Å². The summed E-state index contributed by atoms with van der Waals surface area (Å²) in [6.07, 6.45) is 3.21. The van der Waals surface area contributed by atoms with Gasteiger partial charge in [-0.15, -0.1) is 0 Å². The van der Waals surface area contributed by atoms with E-state index in [0.717, 1.165) is 18.4 Å². The smallest absolute Gasteiger partial charge is 0.255 e. The van der Waals surface area contributed by atoms with E-state index in [1.807, 2.05) is 30.3 Å². The van der Waals surface area contributed by atoms with E-state index in [0.29, 0.717) is 36.2 Å². The van der Waals surface area contributed by atoms with Crippen molar-refractivity contribution >= 4 is 17.5 Å². The van der Waals surface area contributed by atoms with Crippen LogP contribution in [-0.4, -0.2) is 42.2 Å². The minimum absolute atomic E-state index is 0.0565. The molecule has 5 nitrogen and oxygen atoms in total. The van der Waals surface area contributed by atoms with E-state index in [2.05, 4.69) is 4.98 Å². The van der Waals surface area contributed by atoms with E-state index in [1.54, 1.807) is 18.0 Å². The second-order valence-corrected chi connectivity index (χ2v) is 6.49. The Morgan fingerprint density at radius 2 is 2.04 bits per heavy atom. The van der Waals surface area contributed by atoms with E-state index in [9.17, 15) is 4.79 Å². The summed E-state index contributed by atoms with van der Waals surface area (Å²) in [6.45, 7) is 1.89. The van der Waals surface area contributed by atoms with Crippen LogP contribution < -0.4 is 4.74 Å². The van der Waals surface area contributed by atoms with Crippen molar-refractivity contribution in [2.24, 2.45) is 0 Å². The maximum absolute atomic E-state index is 12.6. The summed E-state index contributed by atoms with van der Waals surface area (Å²) in [4.78, 5) is 18.5. The average molecular weight is 361 g/mol. The molecule has 1 aliphatic rings. The van der Waals surface area contributed by atoms with Crippen LogP contribution in [0.5, 0.6) is 5.88 Å². The maximum Gasteiger partial charge on any atom is 0.255 e. The third-order valence-corrected chi connectivity index (χ3v) is 4.38. The van der Waals surface area contributed by atoms with Gasteiger partial charge in [-0.05, 0) is 11.6 Å². The molecule has 0 unspecified atom stereocenters. The summed E-state index contributed by atoms with van der Waals surface area (Å²) in [5.41, 5.74) is 1.51. The normalized spacial score (nSPS) is 15.0. The van der Waals surface area contributed by atoms with Gasteiger partial charge in [0.2, 0.25) is 5.88 Å². The van der Waals surface area contributed by atoms with Crippen LogP contribution in [0.25, 0.3) is 0 Å². The van der Waals surface area contributed by atoms with E-state index >= 15 is 0 Å². The zero-order valence-electron chi connectivity index (χ0n) is 14.2. The van der Waals surface area contributed by atoms with Gasteiger partial charge in [-0.25, -0.2) is 4.98 Å². The van der Waals surface area contributed by atoms with E-state index in [4.69, 9.17) is 21.1 Å². The number of ether oxygens (including phenoxy) is 2. The molecular weight excluding hydrogens is 340 g/mol. The molecule has 1 aromatic carbocycles. The van der Waals surface area contributed by atoms with E-state index in [-0.39, 0.29) is 12.0 Å². The minimum Gasteiger partial charge on any atom is -0.473 e. The van der Waals surface area contributed by atoms with Crippen molar-refractivity contribution in [1.82, 2.24) is 9.88 Å². The summed E-state index contributed by atoms with van der Waals surface area (Å²) in [5.74, 6) is 0.242. The zero-order chi connectivity index (χ0) is 17.6. The van der Waals surface area contributed by atoms with Gasteiger partial charge in [0.1, 0.15) is 11.1 Å². The third kappa shape index (κ3) is 4.71. The highest BCUT2D eigenvalue weighted by Gasteiger charge is 2.19. The van der Waals surface area contributed by atoms with Crippen molar-refractivity contribution in [1.29, 1.82) is 0 Å². The summed E-state index contributed by atoms with van der Waals surface area (Å²) in [7, 11) is 1.76. The van der Waals surface area contributed by atoms with Gasteiger partial charge in [-0.3, -0.25) is 4.79 Å². The van der Waals surface area contributed by atoms with Gasteiger partial charge in [0.05, 0.1) is 18.8 Å². The highest BCUT2D eigenvalue weighted by Crippen LogP contribution is 2.26. The standard InChI is InChI=1S/C19H21ClN2O3/c1-22(13-14-5-3-2-4-6-14)19(23)15-11-17(20)18(21-12-15)25-16-7-9-24-10-8-16/h2-6,11-12,16H,7-10,13H2,1H3. The lowest BCUT2D eigenvalue weighted by molar-refractivity contribution is 0.0238. The van der Waals surface area contributed by atoms with Crippen molar-refractivity contribution in [3.63, 3.8) is 0 Å². The Balaban J connectivity index is 1.65. The van der Waals surface area contributed by atoms with Gasteiger partial charge < -0.3 is 14.4 Å². The number of amides is 1. The van der Waals surface area contributed by atoms with Crippen molar-refractivity contribution < 1.29 is 14.3 Å². The van der Waals surface area contributed by atoms with Gasteiger partial charge in [0.15, 0.2) is 0 Å². The van der Waals surface area contributed by atoms with Crippen molar-refractivity contribution in [3.8, 4) is 5.88 Å². The SMILES string of the molecule is CN(Cc1ccccc1)C(=O)c1cnc(OC2CCOCC2)c(Cl)c1. The number of halogens is 1. The summed E-state index contributed by atoms with van der Waals surface area (Å²) >= 11 is 6.27. The van der Waals surface area contributed by atoms with Crippen molar-refractivity contribution in [2.45, 2.75) is 25.5 Å². The van der Waals surface area contributed by atoms with Gasteiger partial charge in [-0.1, -0.05) is 41.9 Å². The molecule has 0 bridgehead atoms. The molecule has 2 heterocycles. The minimum atomic E-state index is -0.129. The number of pyridine rings is 1. The summed E-state index contributed by atoms with van der Waals surface area (Å²) in [5, 5.41) is 0.352. The molecule has 0 spiro atoms. The molecular formula is C19H21ClN2O3. The van der Waals surface area contributed by atoms with Gasteiger partial charge in [0.25, 0.3) is 5.91 Å². The first-order valence-electron chi connectivity index (χ1n) is 8.33. The molecule has 1 aromatic heterocycles. The Hall–Kier alpha value is -2.11. The zero-order valence-corrected chi connectivity index (χ0v) is 14.9. The van der Waals surface area contributed by atoms with Gasteiger partial charge in [-0.2, -0.15) is 0 Å². The Labute approximate surface area is 152 Å². The van der Waals surface area contributed by atoms with Crippen molar-refractivity contribution in [2.75, 3.05) is 20.3 Å². The fourth-order valence-electron chi connectivity index (χ4n) is 2.73. The quantitative estimate of drug-likeness (QED) is 0.818. The van der Waals surface area contributed by atoms with E-state index < -0.39 is 0 Å². The van der Waals surface area contributed by atoms with Crippen LogP contribution in [0.15, 0.2) is 42.6 Å². The molecule has 0 radical (unpaired) electrons. The van der Waals surface area contributed by atoms with Crippen molar-refractivity contribution in [3.05, 3.63) is 58.7 Å². The molecule has 25 heavy (non-hydrogen) atoms. The number of rotatable bonds is 5. The van der Waals surface area contributed by atoms with Gasteiger partial charge >= 0.3 is 0 Å². The number of carbonyl (C=O) groups is 1. The first-order valence-corrected chi connectivity index (χ1v) is 8.70. The molecule has 132 valence electrons. The molecule has 0 N–H and O–H groups in total.